The van der Waals surface area contributed by atoms with Gasteiger partial charge in [0.25, 0.3) is 0 Å². The fourth-order valence-corrected chi connectivity index (χ4v) is 4.18. The molecular weight excluding hydrogens is 350 g/mol. The van der Waals surface area contributed by atoms with Crippen molar-refractivity contribution in [3.63, 3.8) is 0 Å². The van der Waals surface area contributed by atoms with Gasteiger partial charge in [-0.05, 0) is 35.4 Å². The van der Waals surface area contributed by atoms with E-state index in [0.717, 1.165) is 17.0 Å². The van der Waals surface area contributed by atoms with E-state index < -0.39 is 10.0 Å². The Hall–Kier alpha value is -2.64. The van der Waals surface area contributed by atoms with E-state index in [1.165, 1.54) is 0 Å². The summed E-state index contributed by atoms with van der Waals surface area (Å²) in [6.45, 7) is 0.990. The van der Waals surface area contributed by atoms with E-state index in [4.69, 9.17) is 4.74 Å². The summed E-state index contributed by atoms with van der Waals surface area (Å²) in [5.41, 5.74) is 2.76. The molecule has 1 aliphatic rings. The molecule has 1 aliphatic heterocycles. The minimum absolute atomic E-state index is 0.0799. The zero-order valence-electron chi connectivity index (χ0n) is 14.1. The number of ether oxygens (including phenoxy) is 1. The molecule has 1 N–H and O–H groups in total. The van der Waals surface area contributed by atoms with Gasteiger partial charge in [0, 0.05) is 31.4 Å². The number of aromatic nitrogens is 2. The Morgan fingerprint density at radius 1 is 1.04 bits per heavy atom. The lowest BCUT2D eigenvalue weighted by molar-refractivity contribution is 0.481. The summed E-state index contributed by atoms with van der Waals surface area (Å²) in [6.07, 6.45) is 4.11. The predicted octanol–water partition coefficient (Wildman–Crippen LogP) is 2.70. The first kappa shape index (κ1) is 16.8. The molecule has 26 heavy (non-hydrogen) atoms. The summed E-state index contributed by atoms with van der Waals surface area (Å²) in [5, 5.41) is 0. The van der Waals surface area contributed by atoms with Crippen LogP contribution in [-0.2, 0) is 28.7 Å². The fraction of sp³-hybridized carbons (Fsp3) is 0.211. The molecule has 2 aromatic carbocycles. The Bertz CT molecular complexity index is 1030. The van der Waals surface area contributed by atoms with Crippen LogP contribution in [0.25, 0.3) is 0 Å². The van der Waals surface area contributed by atoms with Gasteiger partial charge in [-0.3, -0.25) is 0 Å². The summed E-state index contributed by atoms with van der Waals surface area (Å²) in [6, 6.07) is 15.0. The lowest BCUT2D eigenvalue weighted by Gasteiger charge is -2.10. The van der Waals surface area contributed by atoms with Gasteiger partial charge in [0.1, 0.15) is 11.5 Å². The van der Waals surface area contributed by atoms with E-state index in [-0.39, 0.29) is 5.75 Å². The normalized spacial score (nSPS) is 16.6. The van der Waals surface area contributed by atoms with Crippen LogP contribution in [0.3, 0.4) is 0 Å². The topological polar surface area (TPSA) is 73.2 Å². The Labute approximate surface area is 152 Å². The zero-order valence-corrected chi connectivity index (χ0v) is 14.9. The second-order valence-corrected chi connectivity index (χ2v) is 8.12. The van der Waals surface area contributed by atoms with Crippen molar-refractivity contribution < 1.29 is 13.2 Å². The molecule has 0 radical (unpaired) electrons. The van der Waals surface area contributed by atoms with Gasteiger partial charge in [0.05, 0.1) is 12.1 Å². The molecule has 0 fully saturated rings. The van der Waals surface area contributed by atoms with Crippen LogP contribution in [0.15, 0.2) is 61.1 Å². The van der Waals surface area contributed by atoms with Crippen LogP contribution < -0.4 is 9.46 Å². The van der Waals surface area contributed by atoms with E-state index in [9.17, 15) is 8.42 Å². The van der Waals surface area contributed by atoms with Crippen molar-refractivity contribution in [2.75, 3.05) is 6.54 Å². The van der Waals surface area contributed by atoms with Crippen molar-refractivity contribution in [2.45, 2.75) is 18.7 Å². The third kappa shape index (κ3) is 3.95. The van der Waals surface area contributed by atoms with Gasteiger partial charge >= 0.3 is 0 Å². The maximum atomic E-state index is 12.3. The monoisotopic (exact) mass is 369 g/mol. The summed E-state index contributed by atoms with van der Waals surface area (Å²) >= 11 is 0. The van der Waals surface area contributed by atoms with E-state index in [2.05, 4.69) is 9.71 Å². The van der Waals surface area contributed by atoms with Gasteiger partial charge in [0.2, 0.25) is 10.0 Å². The third-order valence-electron chi connectivity index (χ3n) is 4.24. The molecule has 0 spiro atoms. The number of sulfonamides is 1. The van der Waals surface area contributed by atoms with Gasteiger partial charge in [0.15, 0.2) is 0 Å². The molecule has 3 aromatic rings. The molecule has 134 valence electrons. The lowest BCUT2D eigenvalue weighted by atomic mass is 10.2. The molecule has 0 saturated carbocycles. The van der Waals surface area contributed by atoms with Gasteiger partial charge < -0.3 is 9.30 Å². The van der Waals surface area contributed by atoms with Crippen molar-refractivity contribution in [3.05, 3.63) is 77.9 Å². The number of hydrogen-bond donors (Lipinski definition) is 1. The molecule has 1 aromatic heterocycles. The summed E-state index contributed by atoms with van der Waals surface area (Å²) in [5.74, 6) is 1.26. The highest BCUT2D eigenvalue weighted by Crippen LogP contribution is 2.24. The lowest BCUT2D eigenvalue weighted by Crippen LogP contribution is -2.27. The molecule has 0 atom stereocenters. The van der Waals surface area contributed by atoms with Crippen LogP contribution in [0, 0.1) is 0 Å². The number of nitrogens with zero attached hydrogens (tertiary/aromatic N) is 2. The molecule has 0 amide bonds. The van der Waals surface area contributed by atoms with Gasteiger partial charge in [-0.1, -0.05) is 24.3 Å². The van der Waals surface area contributed by atoms with Crippen molar-refractivity contribution in [1.29, 1.82) is 0 Å². The highest BCUT2D eigenvalue weighted by atomic mass is 32.2. The molecule has 0 unspecified atom stereocenters. The Balaban J connectivity index is 1.72. The van der Waals surface area contributed by atoms with Crippen molar-refractivity contribution in [3.8, 4) is 11.5 Å². The minimum atomic E-state index is -3.42. The van der Waals surface area contributed by atoms with Crippen LogP contribution in [0.5, 0.6) is 11.5 Å². The smallest absolute Gasteiger partial charge is 0.215 e. The summed E-state index contributed by atoms with van der Waals surface area (Å²) in [7, 11) is -3.42. The summed E-state index contributed by atoms with van der Waals surface area (Å²) in [4.78, 5) is 4.20. The molecule has 6 nitrogen and oxygen atoms in total. The minimum Gasteiger partial charge on any atom is -0.457 e. The fourth-order valence-electron chi connectivity index (χ4n) is 3.04. The average Bonchev–Trinajstić information content (AvgIpc) is 3.01. The van der Waals surface area contributed by atoms with E-state index in [0.29, 0.717) is 30.8 Å². The van der Waals surface area contributed by atoms with Crippen LogP contribution in [0.1, 0.15) is 16.8 Å². The number of benzene rings is 2. The van der Waals surface area contributed by atoms with Gasteiger partial charge in [-0.2, -0.15) is 0 Å². The quantitative estimate of drug-likeness (QED) is 0.661. The molecule has 7 heteroatoms. The Morgan fingerprint density at radius 2 is 1.77 bits per heavy atom. The SMILES string of the molecule is O=S1(=O)Cc2cccc(c2)Oc2cccc(c2)Cn2cncc2CCN1. The van der Waals surface area contributed by atoms with Crippen LogP contribution >= 0.6 is 0 Å². The molecule has 4 bridgehead atoms. The van der Waals surface area contributed by atoms with E-state index in [1.807, 2.05) is 34.9 Å². The molecule has 2 heterocycles. The van der Waals surface area contributed by atoms with Crippen molar-refractivity contribution in [1.82, 2.24) is 14.3 Å². The van der Waals surface area contributed by atoms with Crippen LogP contribution in [0.2, 0.25) is 0 Å². The maximum Gasteiger partial charge on any atom is 0.215 e. The number of rotatable bonds is 0. The molecular formula is C19H19N3O3S. The number of imidazole rings is 1. The highest BCUT2D eigenvalue weighted by molar-refractivity contribution is 7.88. The third-order valence-corrected chi connectivity index (χ3v) is 5.60. The first-order valence-corrected chi connectivity index (χ1v) is 10.0. The molecule has 0 aliphatic carbocycles. The van der Waals surface area contributed by atoms with Gasteiger partial charge in [-0.15, -0.1) is 0 Å². The zero-order chi connectivity index (χ0) is 18.0. The second-order valence-electron chi connectivity index (χ2n) is 6.31. The maximum absolute atomic E-state index is 12.3. The highest BCUT2D eigenvalue weighted by Gasteiger charge is 2.13. The predicted molar refractivity (Wildman–Crippen MR) is 98.6 cm³/mol. The summed E-state index contributed by atoms with van der Waals surface area (Å²) < 4.78 is 35.3. The Kier molecular flexibility index (Phi) is 4.48. The van der Waals surface area contributed by atoms with Gasteiger partial charge in [-0.25, -0.2) is 18.1 Å². The van der Waals surface area contributed by atoms with E-state index in [1.54, 1.807) is 30.7 Å². The van der Waals surface area contributed by atoms with Crippen LogP contribution in [0.4, 0.5) is 0 Å². The van der Waals surface area contributed by atoms with Crippen molar-refractivity contribution >= 4 is 10.0 Å². The number of hydrogen-bond acceptors (Lipinski definition) is 4. The second kappa shape index (κ2) is 6.93. The molecule has 0 saturated heterocycles. The number of nitrogens with one attached hydrogen (secondary N) is 1. The largest absolute Gasteiger partial charge is 0.457 e. The first-order valence-electron chi connectivity index (χ1n) is 8.39. The standard InChI is InChI=1S/C19H19N3O3S/c23-26(24)13-16-4-2-6-19(10-16)25-18-5-1-3-15(9-18)12-22-14-20-11-17(22)7-8-21-26/h1-6,9-11,14,21H,7-8,12-13H2. The average molecular weight is 369 g/mol. The van der Waals surface area contributed by atoms with Crippen molar-refractivity contribution in [2.24, 2.45) is 0 Å². The Morgan fingerprint density at radius 3 is 2.58 bits per heavy atom. The number of fused-ring (bicyclic) bond motifs is 5. The van der Waals surface area contributed by atoms with E-state index >= 15 is 0 Å². The van der Waals surface area contributed by atoms with Crippen LogP contribution in [-0.4, -0.2) is 24.5 Å². The first-order chi connectivity index (χ1) is 12.6. The molecule has 4 rings (SSSR count).